The van der Waals surface area contributed by atoms with Crippen LogP contribution in [0.25, 0.3) is 0 Å². The molecule has 3 rings (SSSR count). The lowest BCUT2D eigenvalue weighted by molar-refractivity contribution is -0.378. The number of hydrogen-bond donors (Lipinski definition) is 1. The molecule has 0 radical (unpaired) electrons. The SMILES string of the molecule is COC(=O)C1=C(C)NC2=C(C(=O)CC(C)(C)C2)C1c1ccc[nH+]c1. The smallest absolute Gasteiger partial charge is 0.336 e. The third-order valence-electron chi connectivity index (χ3n) is 4.71. The quantitative estimate of drug-likeness (QED) is 0.846. The van der Waals surface area contributed by atoms with Crippen molar-refractivity contribution < 1.29 is 19.3 Å². The maximum absolute atomic E-state index is 12.9. The summed E-state index contributed by atoms with van der Waals surface area (Å²) in [6.45, 7) is 6.05. The second-order valence-electron chi connectivity index (χ2n) is 7.26. The molecular weight excluding hydrogens is 304 g/mol. The van der Waals surface area contributed by atoms with Gasteiger partial charge in [-0.1, -0.05) is 13.8 Å². The number of rotatable bonds is 2. The molecule has 5 nitrogen and oxygen atoms in total. The number of carbonyl (C=O) groups is 2. The Labute approximate surface area is 141 Å². The van der Waals surface area contributed by atoms with E-state index in [9.17, 15) is 9.59 Å². The molecule has 0 saturated carbocycles. The Balaban J connectivity index is 2.19. The summed E-state index contributed by atoms with van der Waals surface area (Å²) in [6.07, 6.45) is 4.91. The highest BCUT2D eigenvalue weighted by atomic mass is 16.5. The Morgan fingerprint density at radius 3 is 2.75 bits per heavy atom. The summed E-state index contributed by atoms with van der Waals surface area (Å²) in [5.74, 6) is -0.704. The number of dihydropyridines is 1. The van der Waals surface area contributed by atoms with Crippen LogP contribution in [0.2, 0.25) is 0 Å². The van der Waals surface area contributed by atoms with Crippen molar-refractivity contribution in [1.82, 2.24) is 5.32 Å². The van der Waals surface area contributed by atoms with Crippen LogP contribution in [0, 0.1) is 5.41 Å². The zero-order valence-electron chi connectivity index (χ0n) is 14.5. The molecule has 24 heavy (non-hydrogen) atoms. The average molecular weight is 327 g/mol. The molecule has 0 amide bonds. The fourth-order valence-corrected chi connectivity index (χ4v) is 3.74. The van der Waals surface area contributed by atoms with Crippen LogP contribution in [0.5, 0.6) is 0 Å². The molecule has 2 N–H and O–H groups in total. The van der Waals surface area contributed by atoms with E-state index in [0.29, 0.717) is 17.6 Å². The molecule has 1 aliphatic carbocycles. The first kappa shape index (κ1) is 16.4. The molecule has 1 atom stereocenters. The number of aromatic nitrogens is 1. The van der Waals surface area contributed by atoms with Gasteiger partial charge < -0.3 is 10.1 Å². The highest BCUT2D eigenvalue weighted by molar-refractivity contribution is 6.04. The first-order valence-corrected chi connectivity index (χ1v) is 8.12. The fourth-order valence-electron chi connectivity index (χ4n) is 3.74. The van der Waals surface area contributed by atoms with E-state index in [1.54, 1.807) is 6.20 Å². The van der Waals surface area contributed by atoms with E-state index in [-0.39, 0.29) is 11.2 Å². The van der Waals surface area contributed by atoms with E-state index in [1.165, 1.54) is 7.11 Å². The Kier molecular flexibility index (Phi) is 4.03. The van der Waals surface area contributed by atoms with Gasteiger partial charge in [-0.25, -0.2) is 9.78 Å². The topological polar surface area (TPSA) is 69.5 Å². The normalized spacial score (nSPS) is 22.8. The van der Waals surface area contributed by atoms with Crippen LogP contribution in [0.3, 0.4) is 0 Å². The number of allylic oxidation sites excluding steroid dienone is 3. The first-order chi connectivity index (χ1) is 11.3. The zero-order valence-corrected chi connectivity index (χ0v) is 14.5. The second-order valence-corrected chi connectivity index (χ2v) is 7.26. The molecule has 126 valence electrons. The van der Waals surface area contributed by atoms with Crippen molar-refractivity contribution in [3.05, 3.63) is 52.6 Å². The van der Waals surface area contributed by atoms with Gasteiger partial charge in [0, 0.05) is 35.0 Å². The van der Waals surface area contributed by atoms with Crippen molar-refractivity contribution >= 4 is 11.8 Å². The third-order valence-corrected chi connectivity index (χ3v) is 4.71. The maximum Gasteiger partial charge on any atom is 0.336 e. The van der Waals surface area contributed by atoms with Crippen LogP contribution in [-0.4, -0.2) is 18.9 Å². The molecule has 1 aromatic rings. The maximum atomic E-state index is 12.9. The Bertz CT molecular complexity index is 760. The lowest BCUT2D eigenvalue weighted by Crippen LogP contribution is -2.38. The number of esters is 1. The van der Waals surface area contributed by atoms with Crippen molar-refractivity contribution in [3.8, 4) is 0 Å². The molecular formula is C19H23N2O3+. The number of aromatic amines is 1. The number of Topliss-reactive ketones (excluding diaryl/α,β-unsaturated/α-hetero) is 1. The van der Waals surface area contributed by atoms with Crippen molar-refractivity contribution in [3.63, 3.8) is 0 Å². The third kappa shape index (κ3) is 2.75. The number of pyridine rings is 1. The highest BCUT2D eigenvalue weighted by Crippen LogP contribution is 2.46. The van der Waals surface area contributed by atoms with Crippen LogP contribution in [0.1, 0.15) is 45.1 Å². The molecule has 2 aliphatic rings. The molecule has 1 aromatic heterocycles. The Hall–Kier alpha value is -2.43. The van der Waals surface area contributed by atoms with Crippen molar-refractivity contribution in [2.45, 2.75) is 39.5 Å². The summed E-state index contributed by atoms with van der Waals surface area (Å²) < 4.78 is 4.99. The van der Waals surface area contributed by atoms with Crippen LogP contribution in [0.15, 0.2) is 47.1 Å². The van der Waals surface area contributed by atoms with Gasteiger partial charge in [-0.15, -0.1) is 0 Å². The van der Waals surface area contributed by atoms with Gasteiger partial charge in [0.05, 0.1) is 18.6 Å². The first-order valence-electron chi connectivity index (χ1n) is 8.12. The minimum atomic E-state index is -0.405. The Morgan fingerprint density at radius 2 is 2.12 bits per heavy atom. The largest absolute Gasteiger partial charge is 0.466 e. The fraction of sp³-hybridized carbons (Fsp3) is 0.421. The number of methoxy groups -OCH3 is 1. The van der Waals surface area contributed by atoms with Crippen LogP contribution in [-0.2, 0) is 14.3 Å². The predicted molar refractivity (Wildman–Crippen MR) is 88.6 cm³/mol. The number of hydrogen-bond acceptors (Lipinski definition) is 4. The molecule has 2 heterocycles. The van der Waals surface area contributed by atoms with E-state index < -0.39 is 11.9 Å². The zero-order chi connectivity index (χ0) is 17.5. The van der Waals surface area contributed by atoms with Gasteiger partial charge >= 0.3 is 5.97 Å². The van der Waals surface area contributed by atoms with Crippen molar-refractivity contribution in [2.75, 3.05) is 7.11 Å². The molecule has 0 bridgehead atoms. The van der Waals surface area contributed by atoms with Gasteiger partial charge in [0.15, 0.2) is 18.2 Å². The molecule has 1 aliphatic heterocycles. The van der Waals surface area contributed by atoms with E-state index in [0.717, 1.165) is 23.4 Å². The summed E-state index contributed by atoms with van der Waals surface area (Å²) in [5.41, 5.74) is 3.68. The summed E-state index contributed by atoms with van der Waals surface area (Å²) >= 11 is 0. The molecule has 0 aromatic carbocycles. The Morgan fingerprint density at radius 1 is 1.38 bits per heavy atom. The second kappa shape index (κ2) is 5.89. The molecule has 1 unspecified atom stereocenters. The lowest BCUT2D eigenvalue weighted by Gasteiger charge is -2.39. The average Bonchev–Trinajstić information content (AvgIpc) is 2.52. The summed E-state index contributed by atoms with van der Waals surface area (Å²) in [4.78, 5) is 28.4. The molecule has 0 saturated heterocycles. The van der Waals surface area contributed by atoms with Crippen molar-refractivity contribution in [2.24, 2.45) is 5.41 Å². The highest BCUT2D eigenvalue weighted by Gasteiger charge is 2.43. The van der Waals surface area contributed by atoms with Crippen LogP contribution >= 0.6 is 0 Å². The number of H-pyrrole nitrogens is 1. The number of nitrogens with one attached hydrogen (secondary N) is 2. The number of carbonyl (C=O) groups excluding carboxylic acids is 2. The molecule has 0 spiro atoms. The minimum absolute atomic E-state index is 0.0840. The van der Waals surface area contributed by atoms with Gasteiger partial charge in [0.1, 0.15) is 0 Å². The van der Waals surface area contributed by atoms with Crippen LogP contribution in [0.4, 0.5) is 0 Å². The van der Waals surface area contributed by atoms with Gasteiger partial charge in [-0.3, -0.25) is 4.79 Å². The van der Waals surface area contributed by atoms with Gasteiger partial charge in [0.25, 0.3) is 0 Å². The van der Waals surface area contributed by atoms with Crippen molar-refractivity contribution in [1.29, 1.82) is 0 Å². The van der Waals surface area contributed by atoms with E-state index in [1.807, 2.05) is 25.3 Å². The van der Waals surface area contributed by atoms with Gasteiger partial charge in [-0.05, 0) is 24.8 Å². The van der Waals surface area contributed by atoms with Gasteiger partial charge in [-0.2, -0.15) is 0 Å². The summed E-state index contributed by atoms with van der Waals surface area (Å²) in [7, 11) is 1.37. The van der Waals surface area contributed by atoms with E-state index in [4.69, 9.17) is 4.74 Å². The number of ether oxygens (including phenoxy) is 1. The number of ketones is 1. The lowest BCUT2D eigenvalue weighted by atomic mass is 9.69. The summed E-state index contributed by atoms with van der Waals surface area (Å²) in [5, 5.41) is 3.30. The predicted octanol–water partition coefficient (Wildman–Crippen LogP) is 2.28. The van der Waals surface area contributed by atoms with E-state index >= 15 is 0 Å². The molecule has 0 fully saturated rings. The van der Waals surface area contributed by atoms with Gasteiger partial charge in [0.2, 0.25) is 0 Å². The monoisotopic (exact) mass is 327 g/mol. The molecule has 5 heteroatoms. The standard InChI is InChI=1S/C19H22N2O3/c1-11-15(18(23)24-4)16(12-6-5-7-20-10-12)17-13(21-11)8-19(2,3)9-14(17)22/h5-7,10,16,21H,8-9H2,1-4H3/p+1. The minimum Gasteiger partial charge on any atom is -0.466 e. The van der Waals surface area contributed by atoms with E-state index in [2.05, 4.69) is 24.1 Å². The van der Waals surface area contributed by atoms with Crippen LogP contribution < -0.4 is 10.3 Å². The summed E-state index contributed by atoms with van der Waals surface area (Å²) in [6, 6.07) is 3.80.